The van der Waals surface area contributed by atoms with Crippen molar-refractivity contribution in [2.24, 2.45) is 4.99 Å². The molecule has 1 amide bonds. The van der Waals surface area contributed by atoms with Crippen LogP contribution in [0.3, 0.4) is 0 Å². The number of nitrogens with one attached hydrogen (secondary N) is 2. The molecule has 1 saturated heterocycles. The zero-order valence-electron chi connectivity index (χ0n) is 17.6. The molecule has 7 nitrogen and oxygen atoms in total. The highest BCUT2D eigenvalue weighted by Crippen LogP contribution is 2.14. The van der Waals surface area contributed by atoms with Crippen molar-refractivity contribution in [2.45, 2.75) is 13.1 Å². The first-order valence-corrected chi connectivity index (χ1v) is 11.1. The van der Waals surface area contributed by atoms with Crippen LogP contribution in [0, 0.1) is 0 Å². The van der Waals surface area contributed by atoms with Gasteiger partial charge in [-0.2, -0.15) is 11.8 Å². The summed E-state index contributed by atoms with van der Waals surface area (Å²) in [7, 11) is 3.51. The molecule has 1 fully saturated rings. The van der Waals surface area contributed by atoms with E-state index in [1.165, 1.54) is 11.1 Å². The lowest BCUT2D eigenvalue weighted by molar-refractivity contribution is -0.127. The van der Waals surface area contributed by atoms with Crippen molar-refractivity contribution >= 4 is 47.6 Å². The number of morpholine rings is 1. The standard InChI is InChI=1S/C20H33N5O2S.HI/c1-24(2)19(26)15-23-20(21-8-13-28-3)22-14-17-6-4-5-7-18(17)16-25-9-11-27-12-10-25;/h4-7H,8-16H2,1-3H3,(H2,21,22,23);1H. The zero-order valence-corrected chi connectivity index (χ0v) is 20.8. The molecule has 0 atom stereocenters. The average molecular weight is 535 g/mol. The minimum absolute atomic E-state index is 0. The van der Waals surface area contributed by atoms with Crippen molar-refractivity contribution in [1.29, 1.82) is 0 Å². The van der Waals surface area contributed by atoms with Gasteiger partial charge in [0.2, 0.25) is 5.91 Å². The highest BCUT2D eigenvalue weighted by atomic mass is 127. The Bertz CT molecular complexity index is 639. The molecule has 164 valence electrons. The number of likely N-dealkylation sites (N-methyl/N-ethyl adjacent to an activating group) is 1. The van der Waals surface area contributed by atoms with Gasteiger partial charge in [-0.1, -0.05) is 24.3 Å². The van der Waals surface area contributed by atoms with Crippen LogP contribution in [-0.2, 0) is 22.6 Å². The van der Waals surface area contributed by atoms with Gasteiger partial charge in [-0.15, -0.1) is 24.0 Å². The molecule has 9 heteroatoms. The molecule has 0 aromatic heterocycles. The summed E-state index contributed by atoms with van der Waals surface area (Å²) in [5, 5.41) is 6.45. The van der Waals surface area contributed by atoms with E-state index in [0.717, 1.165) is 45.1 Å². The Kier molecular flexibility index (Phi) is 13.3. The van der Waals surface area contributed by atoms with E-state index < -0.39 is 0 Å². The van der Waals surface area contributed by atoms with Gasteiger partial charge in [-0.05, 0) is 17.4 Å². The molecular weight excluding hydrogens is 501 g/mol. The maximum atomic E-state index is 11.9. The lowest BCUT2D eigenvalue weighted by atomic mass is 10.1. The van der Waals surface area contributed by atoms with Crippen LogP contribution >= 0.6 is 35.7 Å². The summed E-state index contributed by atoms with van der Waals surface area (Å²) >= 11 is 1.77. The second kappa shape index (κ2) is 14.9. The number of aliphatic imine (C=N–C) groups is 1. The number of guanidine groups is 1. The number of benzene rings is 1. The number of thioether (sulfide) groups is 1. The zero-order chi connectivity index (χ0) is 20.2. The summed E-state index contributed by atoms with van der Waals surface area (Å²) in [6.45, 7) is 6.05. The summed E-state index contributed by atoms with van der Waals surface area (Å²) in [5.41, 5.74) is 2.50. The monoisotopic (exact) mass is 535 g/mol. The number of carbonyl (C=O) groups is 1. The highest BCUT2D eigenvalue weighted by molar-refractivity contribution is 14.0. The van der Waals surface area contributed by atoms with Crippen LogP contribution in [0.4, 0.5) is 0 Å². The number of carbonyl (C=O) groups excluding carboxylic acids is 1. The number of nitrogens with zero attached hydrogens (tertiary/aromatic N) is 3. The fourth-order valence-corrected chi connectivity index (χ4v) is 3.10. The summed E-state index contributed by atoms with van der Waals surface area (Å²) < 4.78 is 5.44. The number of ether oxygens (including phenoxy) is 1. The Morgan fingerprint density at radius 1 is 1.21 bits per heavy atom. The topological polar surface area (TPSA) is 69.2 Å². The van der Waals surface area contributed by atoms with Crippen LogP contribution in [0.1, 0.15) is 11.1 Å². The quantitative estimate of drug-likeness (QED) is 0.217. The van der Waals surface area contributed by atoms with E-state index in [0.29, 0.717) is 12.5 Å². The third-order valence-electron chi connectivity index (χ3n) is 4.53. The van der Waals surface area contributed by atoms with Gasteiger partial charge in [0, 0.05) is 46.0 Å². The van der Waals surface area contributed by atoms with E-state index in [1.807, 2.05) is 0 Å². The Morgan fingerprint density at radius 3 is 2.55 bits per heavy atom. The fourth-order valence-electron chi connectivity index (χ4n) is 2.79. The molecule has 1 aliphatic heterocycles. The van der Waals surface area contributed by atoms with Crippen LogP contribution in [-0.4, -0.2) is 87.2 Å². The SMILES string of the molecule is CSCCNC(=NCc1ccccc1CN1CCOCC1)NCC(=O)N(C)C.I. The van der Waals surface area contributed by atoms with Gasteiger partial charge in [-0.25, -0.2) is 4.99 Å². The van der Waals surface area contributed by atoms with E-state index in [1.54, 1.807) is 30.8 Å². The molecular formula is C20H34IN5O2S. The Balaban J connectivity index is 0.00000420. The molecule has 1 aromatic rings. The van der Waals surface area contributed by atoms with Crippen LogP contribution in [0.2, 0.25) is 0 Å². The van der Waals surface area contributed by atoms with Crippen molar-refractivity contribution in [1.82, 2.24) is 20.4 Å². The molecule has 0 aliphatic carbocycles. The van der Waals surface area contributed by atoms with Crippen LogP contribution in [0.25, 0.3) is 0 Å². The van der Waals surface area contributed by atoms with Crippen molar-refractivity contribution in [3.63, 3.8) is 0 Å². The number of halogens is 1. The van der Waals surface area contributed by atoms with Crippen molar-refractivity contribution in [3.05, 3.63) is 35.4 Å². The molecule has 1 aliphatic rings. The van der Waals surface area contributed by atoms with Crippen LogP contribution in [0.5, 0.6) is 0 Å². The first-order valence-electron chi connectivity index (χ1n) is 9.68. The maximum Gasteiger partial charge on any atom is 0.241 e. The largest absolute Gasteiger partial charge is 0.379 e. The van der Waals surface area contributed by atoms with E-state index in [-0.39, 0.29) is 36.4 Å². The lowest BCUT2D eigenvalue weighted by Gasteiger charge is -2.27. The molecule has 29 heavy (non-hydrogen) atoms. The van der Waals surface area contributed by atoms with E-state index in [9.17, 15) is 4.79 Å². The lowest BCUT2D eigenvalue weighted by Crippen LogP contribution is -2.43. The smallest absolute Gasteiger partial charge is 0.241 e. The summed E-state index contributed by atoms with van der Waals surface area (Å²) in [6, 6.07) is 8.43. The van der Waals surface area contributed by atoms with E-state index in [4.69, 9.17) is 9.73 Å². The van der Waals surface area contributed by atoms with Crippen molar-refractivity contribution in [2.75, 3.05) is 65.5 Å². The Morgan fingerprint density at radius 2 is 1.90 bits per heavy atom. The summed E-state index contributed by atoms with van der Waals surface area (Å²) in [5.74, 6) is 1.67. The predicted octanol–water partition coefficient (Wildman–Crippen LogP) is 1.62. The second-order valence-corrected chi connectivity index (χ2v) is 7.87. The molecule has 2 rings (SSSR count). The first-order chi connectivity index (χ1) is 13.6. The molecule has 0 radical (unpaired) electrons. The van der Waals surface area contributed by atoms with Gasteiger partial charge < -0.3 is 20.3 Å². The van der Waals surface area contributed by atoms with Crippen LogP contribution in [0.15, 0.2) is 29.3 Å². The molecule has 0 saturated carbocycles. The molecule has 0 bridgehead atoms. The molecule has 1 aromatic carbocycles. The second-order valence-electron chi connectivity index (χ2n) is 6.88. The number of hydrogen-bond acceptors (Lipinski definition) is 5. The molecule has 0 unspecified atom stereocenters. The number of rotatable bonds is 9. The van der Waals surface area contributed by atoms with Gasteiger partial charge >= 0.3 is 0 Å². The fraction of sp³-hybridized carbons (Fsp3) is 0.600. The minimum Gasteiger partial charge on any atom is -0.379 e. The normalized spacial score (nSPS) is 14.8. The summed E-state index contributed by atoms with van der Waals surface area (Å²) in [6.07, 6.45) is 2.07. The summed E-state index contributed by atoms with van der Waals surface area (Å²) in [4.78, 5) is 20.6. The number of amides is 1. The predicted molar refractivity (Wildman–Crippen MR) is 132 cm³/mol. The van der Waals surface area contributed by atoms with Crippen molar-refractivity contribution < 1.29 is 9.53 Å². The van der Waals surface area contributed by atoms with E-state index >= 15 is 0 Å². The number of hydrogen-bond donors (Lipinski definition) is 2. The molecule has 0 spiro atoms. The van der Waals surface area contributed by atoms with Gasteiger partial charge in [-0.3, -0.25) is 9.69 Å². The molecule has 1 heterocycles. The minimum atomic E-state index is 0. The third-order valence-corrected chi connectivity index (χ3v) is 5.14. The highest BCUT2D eigenvalue weighted by Gasteiger charge is 2.13. The molecule has 2 N–H and O–H groups in total. The van der Waals surface area contributed by atoms with Gasteiger partial charge in [0.25, 0.3) is 0 Å². The van der Waals surface area contributed by atoms with Gasteiger partial charge in [0.1, 0.15) is 0 Å². The Hall–Kier alpha value is -1.04. The average Bonchev–Trinajstić information content (AvgIpc) is 2.71. The van der Waals surface area contributed by atoms with Gasteiger partial charge in [0.15, 0.2) is 5.96 Å². The third kappa shape index (κ3) is 10.0. The van der Waals surface area contributed by atoms with E-state index in [2.05, 4.69) is 46.1 Å². The van der Waals surface area contributed by atoms with Crippen LogP contribution < -0.4 is 10.6 Å². The first kappa shape index (κ1) is 26.0. The van der Waals surface area contributed by atoms with Gasteiger partial charge in [0.05, 0.1) is 26.3 Å². The van der Waals surface area contributed by atoms with Crippen molar-refractivity contribution in [3.8, 4) is 0 Å². The Labute approximate surface area is 196 Å². The maximum absolute atomic E-state index is 11.9.